The predicted octanol–water partition coefficient (Wildman–Crippen LogP) is 2.30. The highest BCUT2D eigenvalue weighted by atomic mass is 19.4. The van der Waals surface area contributed by atoms with Gasteiger partial charge in [0.15, 0.2) is 0 Å². The normalized spacial score (nSPS) is 17.5. The van der Waals surface area contributed by atoms with E-state index in [-0.39, 0.29) is 30.7 Å². The van der Waals surface area contributed by atoms with E-state index in [1.54, 1.807) is 13.8 Å². The third-order valence-electron chi connectivity index (χ3n) is 4.56. The monoisotopic (exact) mass is 386 g/mol. The molecule has 2 amide bonds. The number of nitrogens with zero attached hydrogens (tertiary/aromatic N) is 3. The van der Waals surface area contributed by atoms with Crippen LogP contribution in [0, 0.1) is 5.92 Å². The van der Waals surface area contributed by atoms with E-state index in [0.717, 1.165) is 6.07 Å². The second-order valence-electron chi connectivity index (χ2n) is 6.46. The number of carbonyl (C=O) groups is 2. The molecule has 0 spiro atoms. The number of likely N-dealkylation sites (N-methyl/N-ethyl adjacent to an activating group) is 2. The van der Waals surface area contributed by atoms with Crippen molar-refractivity contribution in [1.82, 2.24) is 15.2 Å². The Morgan fingerprint density at radius 3 is 2.74 bits per heavy atom. The van der Waals surface area contributed by atoms with Gasteiger partial charge < -0.3 is 15.1 Å². The van der Waals surface area contributed by atoms with Crippen LogP contribution < -0.4 is 10.2 Å². The molecule has 1 N–H and O–H groups in total. The zero-order valence-corrected chi connectivity index (χ0v) is 15.6. The molecular formula is C18H25F3N4O2. The molecular weight excluding hydrogens is 361 g/mol. The zero-order chi connectivity index (χ0) is 20.0. The van der Waals surface area contributed by atoms with Crippen LogP contribution in [-0.4, -0.2) is 54.4 Å². The molecule has 6 nitrogen and oxygen atoms in total. The molecule has 2 heterocycles. The summed E-state index contributed by atoms with van der Waals surface area (Å²) >= 11 is 0. The number of piperidine rings is 1. The molecule has 27 heavy (non-hydrogen) atoms. The Bertz CT molecular complexity index is 666. The molecule has 1 fully saturated rings. The van der Waals surface area contributed by atoms with Crippen molar-refractivity contribution in [2.45, 2.75) is 32.9 Å². The van der Waals surface area contributed by atoms with E-state index in [1.165, 1.54) is 22.1 Å². The molecule has 9 heteroatoms. The largest absolute Gasteiger partial charge is 0.419 e. The molecule has 0 aliphatic carbocycles. The number of aromatic nitrogens is 1. The molecule has 0 saturated carbocycles. The van der Waals surface area contributed by atoms with E-state index in [1.807, 2.05) is 0 Å². The summed E-state index contributed by atoms with van der Waals surface area (Å²) in [5, 5.41) is 2.65. The van der Waals surface area contributed by atoms with Crippen molar-refractivity contribution >= 4 is 17.6 Å². The fraction of sp³-hybridized carbons (Fsp3) is 0.611. The molecule has 1 aliphatic heterocycles. The van der Waals surface area contributed by atoms with Gasteiger partial charge in [0.05, 0.1) is 18.0 Å². The first-order valence-electron chi connectivity index (χ1n) is 9.10. The minimum atomic E-state index is -4.51. The number of anilines is 1. The van der Waals surface area contributed by atoms with Gasteiger partial charge in [0.1, 0.15) is 5.82 Å². The van der Waals surface area contributed by atoms with E-state index in [9.17, 15) is 22.8 Å². The van der Waals surface area contributed by atoms with Gasteiger partial charge in [-0.3, -0.25) is 9.59 Å². The van der Waals surface area contributed by atoms with E-state index < -0.39 is 17.7 Å². The summed E-state index contributed by atoms with van der Waals surface area (Å²) in [6.45, 7) is 4.93. The van der Waals surface area contributed by atoms with Crippen molar-refractivity contribution in [3.05, 3.63) is 23.9 Å². The molecule has 1 aromatic heterocycles. The Morgan fingerprint density at radius 1 is 1.37 bits per heavy atom. The Kier molecular flexibility index (Phi) is 7.04. The van der Waals surface area contributed by atoms with Crippen LogP contribution in [0.4, 0.5) is 19.0 Å². The molecule has 1 aliphatic rings. The highest BCUT2D eigenvalue weighted by Gasteiger charge is 2.37. The standard InChI is InChI=1S/C18H25F3N4O2/c1-3-22-15(26)12-24(4-2)17(27)13-7-6-10-25(11-13)16-14(18(19,20)21)8-5-9-23-16/h5,8-9,13H,3-4,6-7,10-12H2,1-2H3,(H,22,26). The first-order valence-corrected chi connectivity index (χ1v) is 9.10. The maximum absolute atomic E-state index is 13.3. The van der Waals surface area contributed by atoms with Gasteiger partial charge in [-0.1, -0.05) is 0 Å². The van der Waals surface area contributed by atoms with Gasteiger partial charge in [0.25, 0.3) is 0 Å². The second kappa shape index (κ2) is 9.05. The second-order valence-corrected chi connectivity index (χ2v) is 6.46. The molecule has 1 unspecified atom stereocenters. The zero-order valence-electron chi connectivity index (χ0n) is 15.6. The first-order chi connectivity index (χ1) is 12.8. The van der Waals surface area contributed by atoms with Crippen LogP contribution in [-0.2, 0) is 15.8 Å². The number of hydrogen-bond donors (Lipinski definition) is 1. The van der Waals surface area contributed by atoms with Crippen LogP contribution in [0.5, 0.6) is 0 Å². The molecule has 0 bridgehead atoms. The average molecular weight is 386 g/mol. The number of alkyl halides is 3. The number of amides is 2. The van der Waals surface area contributed by atoms with Crippen molar-refractivity contribution < 1.29 is 22.8 Å². The van der Waals surface area contributed by atoms with Gasteiger partial charge in [-0.05, 0) is 38.8 Å². The van der Waals surface area contributed by atoms with Crippen LogP contribution in [0.2, 0.25) is 0 Å². The van der Waals surface area contributed by atoms with Crippen molar-refractivity contribution in [3.63, 3.8) is 0 Å². The fourth-order valence-corrected chi connectivity index (χ4v) is 3.27. The van der Waals surface area contributed by atoms with Crippen LogP contribution in [0.1, 0.15) is 32.3 Å². The summed E-state index contributed by atoms with van der Waals surface area (Å²) in [5.74, 6) is -1.06. The van der Waals surface area contributed by atoms with Crippen LogP contribution in [0.25, 0.3) is 0 Å². The third-order valence-corrected chi connectivity index (χ3v) is 4.56. The summed E-state index contributed by atoms with van der Waals surface area (Å²) in [6, 6.07) is 2.26. The highest BCUT2D eigenvalue weighted by molar-refractivity contribution is 5.86. The summed E-state index contributed by atoms with van der Waals surface area (Å²) in [7, 11) is 0. The van der Waals surface area contributed by atoms with Gasteiger partial charge in [0.2, 0.25) is 11.8 Å². The minimum absolute atomic E-state index is 0.0446. The molecule has 1 aromatic rings. The Morgan fingerprint density at radius 2 is 2.11 bits per heavy atom. The SMILES string of the molecule is CCNC(=O)CN(CC)C(=O)C1CCCN(c2ncccc2C(F)(F)F)C1. The molecule has 150 valence electrons. The maximum atomic E-state index is 13.3. The Balaban J connectivity index is 2.14. The van der Waals surface area contributed by atoms with Crippen molar-refractivity contribution in [2.24, 2.45) is 5.92 Å². The minimum Gasteiger partial charge on any atom is -0.355 e. The van der Waals surface area contributed by atoms with Crippen LogP contribution in [0.15, 0.2) is 18.3 Å². The number of carbonyl (C=O) groups excluding carboxylic acids is 2. The number of rotatable bonds is 6. The Hall–Kier alpha value is -2.32. The van der Waals surface area contributed by atoms with E-state index in [2.05, 4.69) is 10.3 Å². The summed E-state index contributed by atoms with van der Waals surface area (Å²) in [4.78, 5) is 31.5. The van der Waals surface area contributed by atoms with Crippen molar-refractivity contribution in [1.29, 1.82) is 0 Å². The number of halogens is 3. The third kappa shape index (κ3) is 5.33. The van der Waals surface area contributed by atoms with Gasteiger partial charge in [-0.2, -0.15) is 13.2 Å². The summed E-state index contributed by atoms with van der Waals surface area (Å²) in [5.41, 5.74) is -0.798. The molecule has 2 rings (SSSR count). The van der Waals surface area contributed by atoms with Crippen molar-refractivity contribution in [3.8, 4) is 0 Å². The van der Waals surface area contributed by atoms with Gasteiger partial charge >= 0.3 is 6.18 Å². The molecule has 1 saturated heterocycles. The topological polar surface area (TPSA) is 65.5 Å². The summed E-state index contributed by atoms with van der Waals surface area (Å²) < 4.78 is 39.8. The lowest BCUT2D eigenvalue weighted by molar-refractivity contribution is -0.139. The number of hydrogen-bond acceptors (Lipinski definition) is 4. The first kappa shape index (κ1) is 21.0. The lowest BCUT2D eigenvalue weighted by Crippen LogP contribution is -2.48. The van der Waals surface area contributed by atoms with Crippen LogP contribution >= 0.6 is 0 Å². The lowest BCUT2D eigenvalue weighted by Gasteiger charge is -2.36. The average Bonchev–Trinajstić information content (AvgIpc) is 2.65. The van der Waals surface area contributed by atoms with Gasteiger partial charge in [-0.25, -0.2) is 4.98 Å². The van der Waals surface area contributed by atoms with Crippen LogP contribution in [0.3, 0.4) is 0 Å². The molecule has 1 atom stereocenters. The molecule has 0 aromatic carbocycles. The van der Waals surface area contributed by atoms with Gasteiger partial charge in [0, 0.05) is 32.4 Å². The predicted molar refractivity (Wildman–Crippen MR) is 95.1 cm³/mol. The fourth-order valence-electron chi connectivity index (χ4n) is 3.27. The smallest absolute Gasteiger partial charge is 0.355 e. The van der Waals surface area contributed by atoms with E-state index in [0.29, 0.717) is 32.5 Å². The summed E-state index contributed by atoms with van der Waals surface area (Å²) in [6.07, 6.45) is -2.02. The maximum Gasteiger partial charge on any atom is 0.419 e. The van der Waals surface area contributed by atoms with Crippen molar-refractivity contribution in [2.75, 3.05) is 37.6 Å². The van der Waals surface area contributed by atoms with E-state index in [4.69, 9.17) is 0 Å². The van der Waals surface area contributed by atoms with E-state index >= 15 is 0 Å². The number of pyridine rings is 1. The quantitative estimate of drug-likeness (QED) is 0.815. The Labute approximate surface area is 156 Å². The number of nitrogens with one attached hydrogen (secondary N) is 1. The highest BCUT2D eigenvalue weighted by Crippen LogP contribution is 2.36. The molecule has 0 radical (unpaired) electrons. The van der Waals surface area contributed by atoms with Gasteiger partial charge in [-0.15, -0.1) is 0 Å². The lowest BCUT2D eigenvalue weighted by atomic mass is 9.96.